The van der Waals surface area contributed by atoms with Crippen LogP contribution in [0.4, 0.5) is 5.82 Å². The van der Waals surface area contributed by atoms with Gasteiger partial charge < -0.3 is 30.9 Å². The van der Waals surface area contributed by atoms with Gasteiger partial charge in [-0.1, -0.05) is 30.3 Å². The molecule has 4 aromatic rings. The number of aromatic nitrogens is 5. The van der Waals surface area contributed by atoms with Crippen molar-refractivity contribution in [1.82, 2.24) is 29.8 Å². The van der Waals surface area contributed by atoms with E-state index in [1.54, 1.807) is 4.57 Å². The maximum Gasteiger partial charge on any atom is 0.250 e. The van der Waals surface area contributed by atoms with Gasteiger partial charge in [-0.05, 0) is 24.6 Å². The number of ether oxygens (including phenoxy) is 2. The summed E-state index contributed by atoms with van der Waals surface area (Å²) < 4.78 is 13.4. The highest BCUT2D eigenvalue weighted by atomic mass is 16.5. The SMILES string of the molecule is CNC(=O)[C@H]1O[C@@H](n2cnc3c(NCc4nc(C)ccc4OCc4ccccc4)ncnc32)[C@H](O)[C@@H]1N. The smallest absolute Gasteiger partial charge is 0.250 e. The minimum atomic E-state index is -1.13. The van der Waals surface area contributed by atoms with Crippen molar-refractivity contribution in [1.29, 1.82) is 0 Å². The second-order valence-corrected chi connectivity index (χ2v) is 8.70. The summed E-state index contributed by atoms with van der Waals surface area (Å²) in [6.45, 7) is 2.67. The number of anilines is 1. The zero-order chi connectivity index (χ0) is 25.9. The van der Waals surface area contributed by atoms with E-state index in [1.807, 2.05) is 49.4 Å². The Morgan fingerprint density at radius 3 is 2.78 bits per heavy atom. The molecule has 12 heteroatoms. The number of carbonyl (C=O) groups is 1. The van der Waals surface area contributed by atoms with Gasteiger partial charge in [-0.2, -0.15) is 0 Å². The molecule has 5 rings (SSSR count). The summed E-state index contributed by atoms with van der Waals surface area (Å²) in [7, 11) is 1.48. The van der Waals surface area contributed by atoms with Crippen LogP contribution in [0.2, 0.25) is 0 Å². The summed E-state index contributed by atoms with van der Waals surface area (Å²) in [5.74, 6) is 0.724. The van der Waals surface area contributed by atoms with Crippen molar-refractivity contribution in [2.45, 2.75) is 44.6 Å². The third-order valence-electron chi connectivity index (χ3n) is 6.19. The second-order valence-electron chi connectivity index (χ2n) is 8.70. The van der Waals surface area contributed by atoms with Gasteiger partial charge in [0.1, 0.15) is 30.5 Å². The summed E-state index contributed by atoms with van der Waals surface area (Å²) in [5, 5.41) is 16.4. The molecule has 1 amide bonds. The molecular weight excluding hydrogens is 476 g/mol. The van der Waals surface area contributed by atoms with E-state index in [1.165, 1.54) is 19.7 Å². The molecule has 1 aliphatic rings. The number of hydrogen-bond donors (Lipinski definition) is 4. The average Bonchev–Trinajstić information content (AvgIpc) is 3.48. The molecular formula is C25H28N8O4. The summed E-state index contributed by atoms with van der Waals surface area (Å²) in [6.07, 6.45) is -0.190. The number of fused-ring (bicyclic) bond motifs is 1. The normalized spacial score (nSPS) is 21.2. The summed E-state index contributed by atoms with van der Waals surface area (Å²) in [6, 6.07) is 12.8. The highest BCUT2D eigenvalue weighted by Crippen LogP contribution is 2.31. The quantitative estimate of drug-likeness (QED) is 0.273. The van der Waals surface area contributed by atoms with E-state index in [4.69, 9.17) is 15.2 Å². The van der Waals surface area contributed by atoms with Crippen LogP contribution in [0.25, 0.3) is 11.2 Å². The maximum absolute atomic E-state index is 12.1. The van der Waals surface area contributed by atoms with Gasteiger partial charge in [0.15, 0.2) is 29.3 Å². The van der Waals surface area contributed by atoms with Crippen molar-refractivity contribution in [2.24, 2.45) is 5.73 Å². The van der Waals surface area contributed by atoms with Crippen LogP contribution in [-0.4, -0.2) is 60.8 Å². The number of aliphatic hydroxyl groups excluding tert-OH is 1. The van der Waals surface area contributed by atoms with Gasteiger partial charge in [0, 0.05) is 12.7 Å². The number of hydrogen-bond acceptors (Lipinski definition) is 10. The molecule has 0 unspecified atom stereocenters. The predicted molar refractivity (Wildman–Crippen MR) is 134 cm³/mol. The van der Waals surface area contributed by atoms with Crippen molar-refractivity contribution >= 4 is 22.9 Å². The number of nitrogens with two attached hydrogens (primary N) is 1. The van der Waals surface area contributed by atoms with Crippen LogP contribution in [0, 0.1) is 6.92 Å². The van der Waals surface area contributed by atoms with Crippen molar-refractivity contribution in [2.75, 3.05) is 12.4 Å². The fourth-order valence-electron chi connectivity index (χ4n) is 4.23. The minimum Gasteiger partial charge on any atom is -0.487 e. The molecule has 192 valence electrons. The molecule has 0 bridgehead atoms. The number of amides is 1. The third kappa shape index (κ3) is 4.94. The maximum atomic E-state index is 12.1. The summed E-state index contributed by atoms with van der Waals surface area (Å²) >= 11 is 0. The van der Waals surface area contributed by atoms with Crippen LogP contribution in [-0.2, 0) is 22.7 Å². The molecule has 0 spiro atoms. The highest BCUT2D eigenvalue weighted by Gasteiger charge is 2.46. The number of carbonyl (C=O) groups excluding carboxylic acids is 1. The zero-order valence-corrected chi connectivity index (χ0v) is 20.4. The van der Waals surface area contributed by atoms with E-state index in [0.717, 1.165) is 17.0 Å². The first-order valence-corrected chi connectivity index (χ1v) is 11.8. The summed E-state index contributed by atoms with van der Waals surface area (Å²) in [4.78, 5) is 29.8. The predicted octanol–water partition coefficient (Wildman–Crippen LogP) is 1.05. The summed E-state index contributed by atoms with van der Waals surface area (Å²) in [5.41, 5.74) is 9.55. The number of nitrogens with zero attached hydrogens (tertiary/aromatic N) is 5. The van der Waals surface area contributed by atoms with Gasteiger partial charge >= 0.3 is 0 Å². The number of nitrogens with one attached hydrogen (secondary N) is 2. The van der Waals surface area contributed by atoms with Gasteiger partial charge in [-0.15, -0.1) is 0 Å². The lowest BCUT2D eigenvalue weighted by molar-refractivity contribution is -0.134. The first-order chi connectivity index (χ1) is 18.0. The first kappa shape index (κ1) is 24.6. The number of rotatable bonds is 8. The Kier molecular flexibility index (Phi) is 6.95. The highest BCUT2D eigenvalue weighted by molar-refractivity contribution is 5.83. The minimum absolute atomic E-state index is 0.330. The van der Waals surface area contributed by atoms with Crippen LogP contribution in [0.1, 0.15) is 23.2 Å². The van der Waals surface area contributed by atoms with Crippen LogP contribution >= 0.6 is 0 Å². The van der Waals surface area contributed by atoms with E-state index in [9.17, 15) is 9.90 Å². The van der Waals surface area contributed by atoms with Crippen molar-refractivity contribution in [3.05, 3.63) is 72.1 Å². The van der Waals surface area contributed by atoms with Gasteiger partial charge in [0.2, 0.25) is 0 Å². The van der Waals surface area contributed by atoms with Crippen LogP contribution in [0.15, 0.2) is 55.1 Å². The molecule has 1 saturated heterocycles. The Morgan fingerprint density at radius 1 is 1.19 bits per heavy atom. The van der Waals surface area contributed by atoms with E-state index in [0.29, 0.717) is 35.9 Å². The Bertz CT molecular complexity index is 1400. The standard InChI is InChI=1S/C25H28N8O4/c1-14-8-9-17(36-11-15-6-4-3-5-7-15)16(32-14)10-28-22-19-23(30-12-29-22)33(13-31-19)25-20(34)18(26)21(37-25)24(35)27-2/h3-9,12-13,18,20-21,25,34H,10-11,26H2,1-2H3,(H,27,35)(H,28,29,30)/t18-,20+,21-,25+/m0/s1. The van der Waals surface area contributed by atoms with Crippen LogP contribution in [0.5, 0.6) is 5.75 Å². The average molecular weight is 505 g/mol. The molecule has 1 fully saturated rings. The lowest BCUT2D eigenvalue weighted by Crippen LogP contribution is -2.46. The molecule has 12 nitrogen and oxygen atoms in total. The molecule has 0 aliphatic carbocycles. The van der Waals surface area contributed by atoms with Gasteiger partial charge in [0.25, 0.3) is 5.91 Å². The van der Waals surface area contributed by atoms with Crippen molar-refractivity contribution in [3.63, 3.8) is 0 Å². The molecule has 1 aliphatic heterocycles. The number of pyridine rings is 1. The van der Waals surface area contributed by atoms with Gasteiger partial charge in [-0.25, -0.2) is 15.0 Å². The fourth-order valence-corrected chi connectivity index (χ4v) is 4.23. The van der Waals surface area contributed by atoms with Crippen molar-refractivity contribution < 1.29 is 19.4 Å². The number of imidazole rings is 1. The molecule has 37 heavy (non-hydrogen) atoms. The van der Waals surface area contributed by atoms with Gasteiger partial charge in [0.05, 0.1) is 18.9 Å². The number of benzene rings is 1. The topological polar surface area (TPSA) is 162 Å². The Balaban J connectivity index is 1.35. The molecule has 5 N–H and O–H groups in total. The molecule has 3 aromatic heterocycles. The first-order valence-electron chi connectivity index (χ1n) is 11.8. The van der Waals surface area contributed by atoms with E-state index < -0.39 is 30.4 Å². The Morgan fingerprint density at radius 2 is 2.00 bits per heavy atom. The van der Waals surface area contributed by atoms with Gasteiger partial charge in [-0.3, -0.25) is 14.3 Å². The Hall–Kier alpha value is -4.13. The van der Waals surface area contributed by atoms with E-state index in [2.05, 4.69) is 30.6 Å². The fraction of sp³-hybridized carbons (Fsp3) is 0.320. The second kappa shape index (κ2) is 10.5. The molecule has 1 aromatic carbocycles. The number of likely N-dealkylation sites (N-methyl/N-ethyl adjacent to an activating group) is 1. The molecule has 0 saturated carbocycles. The number of aryl methyl sites for hydroxylation is 1. The Labute approximate surface area is 212 Å². The molecule has 4 heterocycles. The zero-order valence-electron chi connectivity index (χ0n) is 20.4. The van der Waals surface area contributed by atoms with E-state index >= 15 is 0 Å². The van der Waals surface area contributed by atoms with E-state index in [-0.39, 0.29) is 0 Å². The molecule has 4 atom stereocenters. The monoisotopic (exact) mass is 504 g/mol. The lowest BCUT2D eigenvalue weighted by Gasteiger charge is -2.16. The van der Waals surface area contributed by atoms with Crippen molar-refractivity contribution in [3.8, 4) is 5.75 Å². The number of aliphatic hydroxyl groups is 1. The third-order valence-corrected chi connectivity index (χ3v) is 6.19. The van der Waals surface area contributed by atoms with Crippen LogP contribution < -0.4 is 21.1 Å². The largest absolute Gasteiger partial charge is 0.487 e. The lowest BCUT2D eigenvalue weighted by atomic mass is 10.1. The molecule has 0 radical (unpaired) electrons. The van der Waals surface area contributed by atoms with Crippen LogP contribution in [0.3, 0.4) is 0 Å².